The molecular weight excluding hydrogens is 304 g/mol. The van der Waals surface area contributed by atoms with Crippen molar-refractivity contribution < 1.29 is 9.53 Å². The van der Waals surface area contributed by atoms with Gasteiger partial charge in [0, 0.05) is 10.1 Å². The Bertz CT molecular complexity index is 612. The molecule has 2 aromatic carbocycles. The lowest BCUT2D eigenvalue weighted by atomic mass is 10.1. The predicted octanol–water partition coefficient (Wildman–Crippen LogP) is 5.34. The molecule has 0 heterocycles. The smallest absolute Gasteiger partial charge is 0.338 e. The summed E-state index contributed by atoms with van der Waals surface area (Å²) in [5.74, 6) is -0.198. The fraction of sp³-hybridized carbons (Fsp3) is 0.350. The summed E-state index contributed by atoms with van der Waals surface area (Å²) in [7, 11) is 0. The van der Waals surface area contributed by atoms with Crippen molar-refractivity contribution in [2.45, 2.75) is 48.4 Å². The zero-order valence-corrected chi connectivity index (χ0v) is 14.0. The average molecular weight is 326 g/mol. The van der Waals surface area contributed by atoms with Gasteiger partial charge in [-0.15, -0.1) is 11.8 Å². The van der Waals surface area contributed by atoms with E-state index in [0.717, 1.165) is 19.3 Å². The van der Waals surface area contributed by atoms with Crippen LogP contribution in [-0.2, 0) is 4.74 Å². The SMILES string of the molecule is O=C(O[C@H]1CCCCC[C@@H]1Sc1ccccc1)c1ccccc1. The van der Waals surface area contributed by atoms with Gasteiger partial charge in [0.05, 0.1) is 5.56 Å². The number of thioether (sulfide) groups is 1. The minimum absolute atomic E-state index is 0.00425. The van der Waals surface area contributed by atoms with E-state index < -0.39 is 0 Å². The number of hydrogen-bond acceptors (Lipinski definition) is 3. The Balaban J connectivity index is 1.70. The van der Waals surface area contributed by atoms with Gasteiger partial charge in [0.2, 0.25) is 0 Å². The zero-order chi connectivity index (χ0) is 15.9. The third-order valence-corrected chi connectivity index (χ3v) is 5.58. The lowest BCUT2D eigenvalue weighted by Crippen LogP contribution is -2.28. The summed E-state index contributed by atoms with van der Waals surface area (Å²) >= 11 is 1.85. The molecule has 1 aliphatic rings. The summed E-state index contributed by atoms with van der Waals surface area (Å²) in [6, 6.07) is 19.7. The van der Waals surface area contributed by atoms with Crippen LogP contribution in [0.3, 0.4) is 0 Å². The molecule has 2 aromatic rings. The van der Waals surface area contributed by atoms with Crippen LogP contribution in [0.25, 0.3) is 0 Å². The van der Waals surface area contributed by atoms with Crippen LogP contribution in [0.4, 0.5) is 0 Å². The van der Waals surface area contributed by atoms with Gasteiger partial charge in [0.15, 0.2) is 0 Å². The normalized spacial score (nSPS) is 21.4. The maximum atomic E-state index is 12.4. The molecule has 0 unspecified atom stereocenters. The molecule has 1 saturated carbocycles. The molecule has 0 radical (unpaired) electrons. The summed E-state index contributed by atoms with van der Waals surface area (Å²) in [6.07, 6.45) is 5.64. The van der Waals surface area contributed by atoms with Crippen LogP contribution in [0.2, 0.25) is 0 Å². The Morgan fingerprint density at radius 2 is 1.52 bits per heavy atom. The third-order valence-electron chi connectivity index (χ3n) is 4.19. The molecule has 0 saturated heterocycles. The molecule has 3 rings (SSSR count). The molecule has 120 valence electrons. The standard InChI is InChI=1S/C20H22O2S/c21-20(16-10-4-1-5-11-16)22-18-14-8-3-9-15-19(18)23-17-12-6-2-7-13-17/h1-2,4-7,10-13,18-19H,3,8-9,14-15H2/t18-,19-/m0/s1. The van der Waals surface area contributed by atoms with E-state index in [2.05, 4.69) is 24.3 Å². The van der Waals surface area contributed by atoms with Gasteiger partial charge >= 0.3 is 5.97 Å². The van der Waals surface area contributed by atoms with Crippen molar-refractivity contribution in [3.8, 4) is 0 Å². The molecule has 0 aromatic heterocycles. The van der Waals surface area contributed by atoms with Gasteiger partial charge in [-0.25, -0.2) is 4.79 Å². The molecule has 0 aliphatic heterocycles. The van der Waals surface area contributed by atoms with E-state index in [4.69, 9.17) is 4.74 Å². The highest BCUT2D eigenvalue weighted by Crippen LogP contribution is 2.34. The van der Waals surface area contributed by atoms with E-state index in [1.54, 1.807) is 0 Å². The highest BCUT2D eigenvalue weighted by Gasteiger charge is 2.28. The van der Waals surface area contributed by atoms with Crippen molar-refractivity contribution in [1.82, 2.24) is 0 Å². The third kappa shape index (κ3) is 4.61. The molecule has 1 fully saturated rings. The first kappa shape index (κ1) is 16.1. The number of hydrogen-bond donors (Lipinski definition) is 0. The van der Waals surface area contributed by atoms with Crippen LogP contribution in [0.15, 0.2) is 65.6 Å². The minimum Gasteiger partial charge on any atom is -0.458 e. The molecule has 2 atom stereocenters. The first-order valence-electron chi connectivity index (χ1n) is 8.30. The lowest BCUT2D eigenvalue weighted by molar-refractivity contribution is 0.0281. The molecule has 0 N–H and O–H groups in total. The average Bonchev–Trinajstić information content (AvgIpc) is 2.82. The van der Waals surface area contributed by atoms with Gasteiger partial charge in [0.1, 0.15) is 6.10 Å². The highest BCUT2D eigenvalue weighted by atomic mass is 32.2. The first-order valence-corrected chi connectivity index (χ1v) is 9.18. The second kappa shape index (κ2) is 8.21. The molecule has 0 spiro atoms. The Hall–Kier alpha value is -1.74. The fourth-order valence-electron chi connectivity index (χ4n) is 2.96. The van der Waals surface area contributed by atoms with Crippen LogP contribution >= 0.6 is 11.8 Å². The van der Waals surface area contributed by atoms with Crippen molar-refractivity contribution in [3.05, 3.63) is 66.2 Å². The van der Waals surface area contributed by atoms with E-state index >= 15 is 0 Å². The van der Waals surface area contributed by atoms with Crippen LogP contribution in [0, 0.1) is 0 Å². The fourth-order valence-corrected chi connectivity index (χ4v) is 4.25. The molecular formula is C20H22O2S. The molecule has 2 nitrogen and oxygen atoms in total. The maximum Gasteiger partial charge on any atom is 0.338 e. The molecule has 3 heteroatoms. The molecule has 23 heavy (non-hydrogen) atoms. The monoisotopic (exact) mass is 326 g/mol. The van der Waals surface area contributed by atoms with Crippen LogP contribution in [0.5, 0.6) is 0 Å². The lowest BCUT2D eigenvalue weighted by Gasteiger charge is -2.25. The van der Waals surface area contributed by atoms with Gasteiger partial charge < -0.3 is 4.74 Å². The van der Waals surface area contributed by atoms with Crippen LogP contribution in [-0.4, -0.2) is 17.3 Å². The number of esters is 1. The molecule has 0 amide bonds. The largest absolute Gasteiger partial charge is 0.458 e. The number of carbonyl (C=O) groups excluding carboxylic acids is 1. The van der Waals surface area contributed by atoms with Gasteiger partial charge in [-0.05, 0) is 43.5 Å². The number of carbonyl (C=O) groups is 1. The van der Waals surface area contributed by atoms with Crippen LogP contribution < -0.4 is 0 Å². The summed E-state index contributed by atoms with van der Waals surface area (Å²) in [5.41, 5.74) is 0.639. The summed E-state index contributed by atoms with van der Waals surface area (Å²) in [5, 5.41) is 0.340. The second-order valence-electron chi connectivity index (χ2n) is 5.92. The first-order chi connectivity index (χ1) is 11.3. The van der Waals surface area contributed by atoms with E-state index in [0.29, 0.717) is 10.8 Å². The van der Waals surface area contributed by atoms with Gasteiger partial charge in [-0.1, -0.05) is 49.2 Å². The van der Waals surface area contributed by atoms with Crippen LogP contribution in [0.1, 0.15) is 42.5 Å². The quantitative estimate of drug-likeness (QED) is 0.560. The summed E-state index contributed by atoms with van der Waals surface area (Å²) in [4.78, 5) is 13.6. The van der Waals surface area contributed by atoms with E-state index in [9.17, 15) is 4.79 Å². The number of ether oxygens (including phenoxy) is 1. The topological polar surface area (TPSA) is 26.3 Å². The zero-order valence-electron chi connectivity index (χ0n) is 13.2. The highest BCUT2D eigenvalue weighted by molar-refractivity contribution is 8.00. The second-order valence-corrected chi connectivity index (χ2v) is 7.23. The van der Waals surface area contributed by atoms with Crippen molar-refractivity contribution in [2.75, 3.05) is 0 Å². The molecule has 1 aliphatic carbocycles. The summed E-state index contributed by atoms with van der Waals surface area (Å²) < 4.78 is 5.88. The Kier molecular flexibility index (Phi) is 5.76. The number of rotatable bonds is 4. The minimum atomic E-state index is -0.198. The Morgan fingerprint density at radius 1 is 0.870 bits per heavy atom. The number of benzene rings is 2. The van der Waals surface area contributed by atoms with E-state index in [1.807, 2.05) is 48.2 Å². The van der Waals surface area contributed by atoms with E-state index in [1.165, 1.54) is 17.7 Å². The van der Waals surface area contributed by atoms with Crippen molar-refractivity contribution in [1.29, 1.82) is 0 Å². The predicted molar refractivity (Wildman–Crippen MR) is 94.8 cm³/mol. The van der Waals surface area contributed by atoms with Gasteiger partial charge in [0.25, 0.3) is 0 Å². The van der Waals surface area contributed by atoms with E-state index in [-0.39, 0.29) is 12.1 Å². The Morgan fingerprint density at radius 3 is 2.26 bits per heavy atom. The Labute approximate surface area is 142 Å². The van der Waals surface area contributed by atoms with Crippen molar-refractivity contribution in [3.63, 3.8) is 0 Å². The van der Waals surface area contributed by atoms with Gasteiger partial charge in [-0.3, -0.25) is 0 Å². The van der Waals surface area contributed by atoms with Gasteiger partial charge in [-0.2, -0.15) is 0 Å². The maximum absolute atomic E-state index is 12.4. The van der Waals surface area contributed by atoms with Crippen molar-refractivity contribution in [2.24, 2.45) is 0 Å². The summed E-state index contributed by atoms with van der Waals surface area (Å²) in [6.45, 7) is 0. The molecule has 0 bridgehead atoms. The van der Waals surface area contributed by atoms with Crippen molar-refractivity contribution >= 4 is 17.7 Å².